The van der Waals surface area contributed by atoms with Gasteiger partial charge in [-0.2, -0.15) is 0 Å². The molecule has 3 rings (SSSR count). The fraction of sp³-hybridized carbons (Fsp3) is 0.381. The van der Waals surface area contributed by atoms with Crippen molar-refractivity contribution in [3.05, 3.63) is 58.5 Å². The maximum atomic E-state index is 12.6. The lowest BCUT2D eigenvalue weighted by Crippen LogP contribution is -2.46. The van der Waals surface area contributed by atoms with Crippen LogP contribution in [0.3, 0.4) is 0 Å². The average Bonchev–Trinajstić information content (AvgIpc) is 3.32. The topological polar surface area (TPSA) is 59.8 Å². The summed E-state index contributed by atoms with van der Waals surface area (Å²) in [6.07, 6.45) is 1.59. The Morgan fingerprint density at radius 3 is 2.61 bits per heavy atom. The van der Waals surface area contributed by atoms with Crippen molar-refractivity contribution in [1.29, 1.82) is 0 Å². The second-order valence-corrected chi connectivity index (χ2v) is 9.65. The van der Waals surface area contributed by atoms with E-state index in [1.807, 2.05) is 57.2 Å². The summed E-state index contributed by atoms with van der Waals surface area (Å²) in [6.45, 7) is 8.05. The number of nitrogens with zero attached hydrogens (tertiary/aromatic N) is 3. The van der Waals surface area contributed by atoms with E-state index in [0.29, 0.717) is 6.42 Å². The first kappa shape index (κ1) is 20.6. The lowest BCUT2D eigenvalue weighted by molar-refractivity contribution is -0.121. The third-order valence-electron chi connectivity index (χ3n) is 4.62. The molecule has 7 heteroatoms. The number of thiophene rings is 1. The van der Waals surface area contributed by atoms with Crippen LogP contribution < -0.4 is 5.32 Å². The van der Waals surface area contributed by atoms with Gasteiger partial charge in [0.25, 0.3) is 0 Å². The fourth-order valence-electron chi connectivity index (χ4n) is 2.63. The number of amides is 1. The third kappa shape index (κ3) is 5.02. The molecular weight excluding hydrogens is 388 g/mol. The van der Waals surface area contributed by atoms with Crippen LogP contribution >= 0.6 is 23.1 Å². The van der Waals surface area contributed by atoms with Crippen LogP contribution in [0, 0.1) is 0 Å². The number of nitrogens with one attached hydrogen (secondary N) is 1. The van der Waals surface area contributed by atoms with E-state index in [9.17, 15) is 4.79 Å². The van der Waals surface area contributed by atoms with E-state index in [1.165, 1.54) is 16.6 Å². The smallest absolute Gasteiger partial charge is 0.233 e. The lowest BCUT2D eigenvalue weighted by Gasteiger charge is -2.26. The molecule has 1 N–H and O–H groups in total. The summed E-state index contributed by atoms with van der Waals surface area (Å²) in [6, 6.07) is 14.2. The molecule has 1 unspecified atom stereocenters. The van der Waals surface area contributed by atoms with E-state index in [4.69, 9.17) is 0 Å². The van der Waals surface area contributed by atoms with Gasteiger partial charge in [0, 0.05) is 22.5 Å². The number of carbonyl (C=O) groups excluding carboxylic acids is 1. The lowest BCUT2D eigenvalue weighted by atomic mass is 10.0. The number of carbonyl (C=O) groups is 1. The predicted octanol–water partition coefficient (Wildman–Crippen LogP) is 4.71. The Morgan fingerprint density at radius 1 is 1.21 bits per heavy atom. The van der Waals surface area contributed by atoms with Gasteiger partial charge in [0.1, 0.15) is 5.82 Å². The predicted molar refractivity (Wildman–Crippen MR) is 116 cm³/mol. The number of aromatic nitrogens is 3. The second kappa shape index (κ2) is 8.92. The van der Waals surface area contributed by atoms with Gasteiger partial charge in [-0.15, -0.1) is 21.5 Å². The zero-order valence-electron chi connectivity index (χ0n) is 16.7. The van der Waals surface area contributed by atoms with Crippen molar-refractivity contribution in [1.82, 2.24) is 20.1 Å². The summed E-state index contributed by atoms with van der Waals surface area (Å²) < 4.78 is 2.05. The Morgan fingerprint density at radius 2 is 1.96 bits per heavy atom. The number of para-hydroxylation sites is 1. The summed E-state index contributed by atoms with van der Waals surface area (Å²) in [5, 5.41) is 14.5. The highest BCUT2D eigenvalue weighted by molar-refractivity contribution is 8.00. The Hall–Kier alpha value is -2.12. The molecule has 3 aromatic rings. The van der Waals surface area contributed by atoms with Crippen LogP contribution in [0.2, 0.25) is 0 Å². The van der Waals surface area contributed by atoms with E-state index >= 15 is 0 Å². The van der Waals surface area contributed by atoms with Gasteiger partial charge in [-0.05, 0) is 50.8 Å². The zero-order chi connectivity index (χ0) is 20.1. The molecule has 0 aliphatic heterocycles. The molecule has 28 heavy (non-hydrogen) atoms. The SMILES string of the molecule is CCC(C)(C)NC(=O)C(C)Sc1nnc(Cc2cccs2)n1-c1ccccc1. The molecule has 2 aromatic heterocycles. The van der Waals surface area contributed by atoms with Gasteiger partial charge in [0.15, 0.2) is 5.16 Å². The van der Waals surface area contributed by atoms with Gasteiger partial charge in [-0.1, -0.05) is 43.0 Å². The monoisotopic (exact) mass is 414 g/mol. The second-order valence-electron chi connectivity index (χ2n) is 7.31. The first-order chi connectivity index (χ1) is 13.4. The van der Waals surface area contributed by atoms with E-state index in [0.717, 1.165) is 23.1 Å². The fourth-order valence-corrected chi connectivity index (χ4v) is 4.22. The maximum Gasteiger partial charge on any atom is 0.233 e. The highest BCUT2D eigenvalue weighted by Gasteiger charge is 2.25. The minimum absolute atomic E-state index is 0.0132. The van der Waals surface area contributed by atoms with Crippen LogP contribution in [0.25, 0.3) is 5.69 Å². The van der Waals surface area contributed by atoms with Crippen LogP contribution in [0.15, 0.2) is 53.0 Å². The highest BCUT2D eigenvalue weighted by Crippen LogP contribution is 2.27. The minimum Gasteiger partial charge on any atom is -0.350 e. The Kier molecular flexibility index (Phi) is 6.57. The molecule has 1 atom stereocenters. The summed E-state index contributed by atoms with van der Waals surface area (Å²) in [7, 11) is 0. The Labute approximate surface area is 174 Å². The molecule has 2 heterocycles. The molecule has 1 aromatic carbocycles. The van der Waals surface area contributed by atoms with Crippen molar-refractivity contribution in [3.8, 4) is 5.69 Å². The average molecular weight is 415 g/mol. The van der Waals surface area contributed by atoms with Gasteiger partial charge < -0.3 is 5.32 Å². The molecule has 0 aliphatic rings. The van der Waals surface area contributed by atoms with Gasteiger partial charge >= 0.3 is 0 Å². The number of hydrogen-bond acceptors (Lipinski definition) is 5. The zero-order valence-corrected chi connectivity index (χ0v) is 18.3. The van der Waals surface area contributed by atoms with Crippen molar-refractivity contribution < 1.29 is 4.79 Å². The molecule has 5 nitrogen and oxygen atoms in total. The summed E-state index contributed by atoms with van der Waals surface area (Å²) in [4.78, 5) is 13.9. The number of benzene rings is 1. The molecule has 0 radical (unpaired) electrons. The van der Waals surface area contributed by atoms with Crippen molar-refractivity contribution in [2.75, 3.05) is 0 Å². The first-order valence-electron chi connectivity index (χ1n) is 9.40. The van der Waals surface area contributed by atoms with E-state index in [1.54, 1.807) is 11.3 Å². The van der Waals surface area contributed by atoms with Crippen LogP contribution in [-0.4, -0.2) is 31.5 Å². The molecule has 0 aliphatic carbocycles. The van der Waals surface area contributed by atoms with E-state index in [2.05, 4.69) is 38.5 Å². The normalized spacial score (nSPS) is 12.7. The van der Waals surface area contributed by atoms with Gasteiger partial charge in [-0.25, -0.2) is 0 Å². The number of hydrogen-bond donors (Lipinski definition) is 1. The van der Waals surface area contributed by atoms with Gasteiger partial charge in [0.05, 0.1) is 5.25 Å². The standard InChI is InChI=1S/C21H26N4OS2/c1-5-21(3,4)22-19(26)15(2)28-20-24-23-18(14-17-12-9-13-27-17)25(20)16-10-7-6-8-11-16/h6-13,15H,5,14H2,1-4H3,(H,22,26). The summed E-state index contributed by atoms with van der Waals surface area (Å²) in [5.74, 6) is 0.886. The van der Waals surface area contributed by atoms with Crippen LogP contribution in [0.4, 0.5) is 0 Å². The molecule has 148 valence electrons. The molecular formula is C21H26N4OS2. The van der Waals surface area contributed by atoms with Crippen LogP contribution in [0.5, 0.6) is 0 Å². The van der Waals surface area contributed by atoms with Crippen molar-refractivity contribution >= 4 is 29.0 Å². The van der Waals surface area contributed by atoms with Crippen LogP contribution in [0.1, 0.15) is 44.8 Å². The van der Waals surface area contributed by atoms with Crippen molar-refractivity contribution in [3.63, 3.8) is 0 Å². The Balaban J connectivity index is 1.86. The quantitative estimate of drug-likeness (QED) is 0.543. The van der Waals surface area contributed by atoms with Crippen molar-refractivity contribution in [2.45, 2.75) is 56.5 Å². The molecule has 0 fully saturated rings. The number of rotatable bonds is 8. The van der Waals surface area contributed by atoms with Gasteiger partial charge in [-0.3, -0.25) is 9.36 Å². The van der Waals surface area contributed by atoms with Crippen molar-refractivity contribution in [2.24, 2.45) is 0 Å². The maximum absolute atomic E-state index is 12.6. The van der Waals surface area contributed by atoms with E-state index in [-0.39, 0.29) is 16.7 Å². The van der Waals surface area contributed by atoms with Crippen LogP contribution in [-0.2, 0) is 11.2 Å². The number of thioether (sulfide) groups is 1. The molecule has 1 amide bonds. The third-order valence-corrected chi connectivity index (χ3v) is 6.54. The first-order valence-corrected chi connectivity index (χ1v) is 11.2. The summed E-state index contributed by atoms with van der Waals surface area (Å²) in [5.41, 5.74) is 0.784. The van der Waals surface area contributed by atoms with Gasteiger partial charge in [0.2, 0.25) is 5.91 Å². The molecule has 0 saturated carbocycles. The highest BCUT2D eigenvalue weighted by atomic mass is 32.2. The largest absolute Gasteiger partial charge is 0.350 e. The molecule has 0 spiro atoms. The minimum atomic E-state index is -0.271. The summed E-state index contributed by atoms with van der Waals surface area (Å²) >= 11 is 3.14. The van der Waals surface area contributed by atoms with E-state index < -0.39 is 0 Å². The molecule has 0 saturated heterocycles. The molecule has 0 bridgehead atoms. The Bertz CT molecular complexity index is 904.